The molecule has 4 heteroatoms. The first-order valence-corrected chi connectivity index (χ1v) is 22.1. The fraction of sp³-hybridized carbons (Fsp3) is 0.309. The first-order valence-electron chi connectivity index (χ1n) is 21.0. The molecule has 1 heterocycles. The summed E-state index contributed by atoms with van der Waals surface area (Å²) in [5.74, 6) is 0. The predicted octanol–water partition coefficient (Wildman–Crippen LogP) is 17.7. The van der Waals surface area contributed by atoms with E-state index < -0.39 is 0 Å². The Morgan fingerprint density at radius 2 is 0.898 bits per heavy atom. The normalized spacial score (nSPS) is 12.6. The average molecular weight is 818 g/mol. The summed E-state index contributed by atoms with van der Waals surface area (Å²) < 4.78 is 1.28. The quantitative estimate of drug-likeness (QED) is 0.158. The predicted molar refractivity (Wildman–Crippen MR) is 261 cm³/mol. The standard InChI is InChI=1S/C55H61ClN2S/c1-36-32-47(57(42-26-22-40(23-27-42)53(5,6)7)43-28-24-41(25-29-43)54(8,9)10)51(56)48(33-36)58(44-30-31-49-38(34-44)35-50(59-49)55(11,12)13)46-17-15-14-16-45(46)37-18-20-39(21-19-37)52(2,3)4/h14-35H,1-13H3. The van der Waals surface area contributed by atoms with Crippen LogP contribution in [0.15, 0.2) is 133 Å². The minimum absolute atomic E-state index is 0.0318. The van der Waals surface area contributed by atoms with Crippen LogP contribution in [-0.2, 0) is 21.7 Å². The first-order chi connectivity index (χ1) is 27.6. The van der Waals surface area contributed by atoms with Gasteiger partial charge in [0.2, 0.25) is 0 Å². The van der Waals surface area contributed by atoms with Crippen LogP contribution in [0.5, 0.6) is 0 Å². The smallest absolute Gasteiger partial charge is 0.0887 e. The number of anilines is 6. The minimum atomic E-state index is 0.0318. The summed E-state index contributed by atoms with van der Waals surface area (Å²) in [7, 11) is 0. The van der Waals surface area contributed by atoms with E-state index in [-0.39, 0.29) is 21.7 Å². The fourth-order valence-corrected chi connectivity index (χ4v) is 9.09. The maximum absolute atomic E-state index is 7.95. The summed E-state index contributed by atoms with van der Waals surface area (Å²) in [6.07, 6.45) is 0. The molecule has 0 aliphatic heterocycles. The number of rotatable bonds is 7. The van der Waals surface area contributed by atoms with Gasteiger partial charge in [0.1, 0.15) is 0 Å². The molecule has 0 fully saturated rings. The highest BCUT2D eigenvalue weighted by Gasteiger charge is 2.27. The van der Waals surface area contributed by atoms with Crippen molar-refractivity contribution in [2.45, 2.75) is 112 Å². The molecule has 0 aliphatic rings. The van der Waals surface area contributed by atoms with Gasteiger partial charge in [-0.05, 0) is 129 Å². The SMILES string of the molecule is Cc1cc(N(c2ccc(C(C)(C)C)cc2)c2ccc(C(C)(C)C)cc2)c(Cl)c(N(c2ccc3sc(C(C)(C)C)cc3c2)c2ccccc2-c2ccc(C(C)(C)C)cc2)c1. The van der Waals surface area contributed by atoms with Crippen LogP contribution in [0.1, 0.15) is 110 Å². The molecule has 7 aromatic rings. The molecule has 0 N–H and O–H groups in total. The maximum Gasteiger partial charge on any atom is 0.0887 e. The highest BCUT2D eigenvalue weighted by molar-refractivity contribution is 7.19. The monoisotopic (exact) mass is 816 g/mol. The third-order valence-electron chi connectivity index (χ3n) is 11.3. The third kappa shape index (κ3) is 8.89. The van der Waals surface area contributed by atoms with Crippen molar-refractivity contribution < 1.29 is 0 Å². The molecular formula is C55H61ClN2S. The van der Waals surface area contributed by atoms with Gasteiger partial charge in [-0.15, -0.1) is 11.3 Å². The van der Waals surface area contributed by atoms with E-state index in [4.69, 9.17) is 11.6 Å². The third-order valence-corrected chi connectivity index (χ3v) is 13.3. The van der Waals surface area contributed by atoms with Crippen LogP contribution < -0.4 is 9.80 Å². The lowest BCUT2D eigenvalue weighted by molar-refractivity contribution is 0.590. The minimum Gasteiger partial charge on any atom is -0.309 e. The highest BCUT2D eigenvalue weighted by Crippen LogP contribution is 2.50. The maximum atomic E-state index is 7.95. The van der Waals surface area contributed by atoms with Crippen molar-refractivity contribution in [1.29, 1.82) is 0 Å². The van der Waals surface area contributed by atoms with Gasteiger partial charge in [0.25, 0.3) is 0 Å². The molecule has 0 amide bonds. The molecule has 6 aromatic carbocycles. The zero-order chi connectivity index (χ0) is 42.7. The molecular weight excluding hydrogens is 756 g/mol. The van der Waals surface area contributed by atoms with Gasteiger partial charge in [0.05, 0.1) is 22.1 Å². The molecule has 0 atom stereocenters. The zero-order valence-corrected chi connectivity index (χ0v) is 39.0. The molecule has 1 aromatic heterocycles. The van der Waals surface area contributed by atoms with Crippen molar-refractivity contribution in [1.82, 2.24) is 0 Å². The van der Waals surface area contributed by atoms with Crippen molar-refractivity contribution in [3.8, 4) is 11.1 Å². The van der Waals surface area contributed by atoms with Gasteiger partial charge >= 0.3 is 0 Å². The average Bonchev–Trinajstić information content (AvgIpc) is 3.61. The van der Waals surface area contributed by atoms with E-state index in [1.54, 1.807) is 0 Å². The molecule has 304 valence electrons. The number of benzene rings is 6. The van der Waals surface area contributed by atoms with Crippen LogP contribution in [-0.4, -0.2) is 0 Å². The lowest BCUT2D eigenvalue weighted by Crippen LogP contribution is -2.16. The molecule has 7 rings (SSSR count). The molecule has 0 saturated carbocycles. The number of halogens is 1. The molecule has 0 saturated heterocycles. The lowest BCUT2D eigenvalue weighted by atomic mass is 9.86. The number of fused-ring (bicyclic) bond motifs is 1. The Hall–Kier alpha value is -4.83. The van der Waals surface area contributed by atoms with E-state index in [0.29, 0.717) is 5.02 Å². The first kappa shape index (κ1) is 42.3. The van der Waals surface area contributed by atoms with E-state index in [0.717, 1.165) is 50.8 Å². The molecule has 0 unspecified atom stereocenters. The van der Waals surface area contributed by atoms with Crippen molar-refractivity contribution in [2.75, 3.05) is 9.80 Å². The molecule has 0 aliphatic carbocycles. The van der Waals surface area contributed by atoms with E-state index in [1.807, 2.05) is 11.3 Å². The van der Waals surface area contributed by atoms with Gasteiger partial charge in [-0.25, -0.2) is 0 Å². The van der Waals surface area contributed by atoms with Crippen LogP contribution in [0.4, 0.5) is 34.1 Å². The number of aryl methyl sites for hydroxylation is 1. The van der Waals surface area contributed by atoms with E-state index >= 15 is 0 Å². The Labute approximate surface area is 363 Å². The molecule has 2 nitrogen and oxygen atoms in total. The number of para-hydroxylation sites is 1. The second-order valence-electron chi connectivity index (χ2n) is 20.3. The van der Waals surface area contributed by atoms with E-state index in [9.17, 15) is 0 Å². The number of hydrogen-bond acceptors (Lipinski definition) is 3. The van der Waals surface area contributed by atoms with Crippen LogP contribution in [0.2, 0.25) is 5.02 Å². The highest BCUT2D eigenvalue weighted by atomic mass is 35.5. The molecule has 59 heavy (non-hydrogen) atoms. The van der Waals surface area contributed by atoms with Gasteiger partial charge in [-0.1, -0.05) is 161 Å². The Kier molecular flexibility index (Phi) is 11.2. The van der Waals surface area contributed by atoms with Gasteiger partial charge < -0.3 is 9.80 Å². The Bertz CT molecular complexity index is 2530. The Morgan fingerprint density at radius 1 is 0.441 bits per heavy atom. The van der Waals surface area contributed by atoms with Crippen LogP contribution in [0.25, 0.3) is 21.2 Å². The van der Waals surface area contributed by atoms with Crippen molar-refractivity contribution >= 4 is 67.1 Å². The van der Waals surface area contributed by atoms with Crippen LogP contribution in [0.3, 0.4) is 0 Å². The summed E-state index contributed by atoms with van der Waals surface area (Å²) in [6, 6.07) is 49.5. The van der Waals surface area contributed by atoms with Gasteiger partial charge in [0.15, 0.2) is 0 Å². The van der Waals surface area contributed by atoms with Crippen molar-refractivity contribution in [3.05, 3.63) is 166 Å². The second kappa shape index (κ2) is 15.6. The topological polar surface area (TPSA) is 6.48 Å². The summed E-state index contributed by atoms with van der Waals surface area (Å²) in [5, 5.41) is 1.91. The molecule has 0 bridgehead atoms. The summed E-state index contributed by atoms with van der Waals surface area (Å²) in [6.45, 7) is 29.4. The van der Waals surface area contributed by atoms with Crippen molar-refractivity contribution in [2.24, 2.45) is 0 Å². The Balaban J connectivity index is 1.48. The zero-order valence-electron chi connectivity index (χ0n) is 37.4. The number of thiophene rings is 1. The summed E-state index contributed by atoms with van der Waals surface area (Å²) in [4.78, 5) is 6.07. The summed E-state index contributed by atoms with van der Waals surface area (Å²) in [5.41, 5.74) is 13.6. The van der Waals surface area contributed by atoms with Gasteiger partial charge in [-0.2, -0.15) is 0 Å². The number of nitrogens with zero attached hydrogens (tertiary/aromatic N) is 2. The fourth-order valence-electron chi connectivity index (χ4n) is 7.71. The largest absolute Gasteiger partial charge is 0.309 e. The number of hydrogen-bond donors (Lipinski definition) is 0. The van der Waals surface area contributed by atoms with Crippen molar-refractivity contribution in [3.63, 3.8) is 0 Å². The molecule has 0 spiro atoms. The van der Waals surface area contributed by atoms with Gasteiger partial charge in [-0.3, -0.25) is 0 Å². The Morgan fingerprint density at radius 3 is 1.39 bits per heavy atom. The van der Waals surface area contributed by atoms with Crippen LogP contribution in [0, 0.1) is 6.92 Å². The molecule has 0 radical (unpaired) electrons. The second-order valence-corrected chi connectivity index (χ2v) is 21.8. The summed E-state index contributed by atoms with van der Waals surface area (Å²) >= 11 is 9.83. The van der Waals surface area contributed by atoms with E-state index in [1.165, 1.54) is 31.7 Å². The van der Waals surface area contributed by atoms with E-state index in [2.05, 4.69) is 233 Å². The van der Waals surface area contributed by atoms with Gasteiger partial charge in [0, 0.05) is 32.2 Å². The lowest BCUT2D eigenvalue weighted by Gasteiger charge is -2.33. The van der Waals surface area contributed by atoms with Crippen LogP contribution >= 0.6 is 22.9 Å².